The van der Waals surface area contributed by atoms with Crippen LogP contribution in [0.15, 0.2) is 53.2 Å². The molecule has 24 heavy (non-hydrogen) atoms. The number of aromatic hydroxyl groups is 1. The van der Waals surface area contributed by atoms with Gasteiger partial charge >= 0.3 is 5.97 Å². The molecule has 0 bridgehead atoms. The molecule has 3 aromatic rings. The quantitative estimate of drug-likeness (QED) is 0.668. The largest absolute Gasteiger partial charge is 0.507 e. The van der Waals surface area contributed by atoms with E-state index in [1.807, 2.05) is 19.9 Å². The molecule has 6 nitrogen and oxygen atoms in total. The van der Waals surface area contributed by atoms with Crippen molar-refractivity contribution in [2.24, 2.45) is 0 Å². The summed E-state index contributed by atoms with van der Waals surface area (Å²) in [6.45, 7) is 4.09. The predicted octanol–water partition coefficient (Wildman–Crippen LogP) is 3.52. The first-order chi connectivity index (χ1) is 11.4. The number of nitrogens with zero attached hydrogens (tertiary/aromatic N) is 1. The Kier molecular flexibility index (Phi) is 5.31. The molecule has 124 valence electrons. The number of aromatic nitrogens is 1. The second-order valence-corrected chi connectivity index (χ2v) is 5.45. The van der Waals surface area contributed by atoms with Gasteiger partial charge in [-0.05, 0) is 41.8 Å². The normalized spacial score (nSPS) is 10.3. The molecule has 0 spiro atoms. The SMILES string of the molecule is CC(C)c1cc(O)c2ccc(=N)oc2c1.O=C(O)c1cccnc1. The number of hydrogen-bond donors (Lipinski definition) is 3. The maximum absolute atomic E-state index is 10.2. The number of benzene rings is 1. The van der Waals surface area contributed by atoms with Gasteiger partial charge in [0.2, 0.25) is 5.55 Å². The zero-order chi connectivity index (χ0) is 17.7. The summed E-state index contributed by atoms with van der Waals surface area (Å²) in [6, 6.07) is 9.92. The molecule has 0 aliphatic heterocycles. The highest BCUT2D eigenvalue weighted by molar-refractivity contribution is 5.87. The third kappa shape index (κ3) is 4.19. The lowest BCUT2D eigenvalue weighted by atomic mass is 10.0. The lowest BCUT2D eigenvalue weighted by Gasteiger charge is -2.07. The molecule has 1 aromatic carbocycles. The van der Waals surface area contributed by atoms with Gasteiger partial charge in [-0.3, -0.25) is 10.4 Å². The molecule has 0 unspecified atom stereocenters. The predicted molar refractivity (Wildman–Crippen MR) is 89.0 cm³/mol. The second kappa shape index (κ2) is 7.41. The van der Waals surface area contributed by atoms with Gasteiger partial charge in [0, 0.05) is 18.5 Å². The average Bonchev–Trinajstić information content (AvgIpc) is 2.55. The highest BCUT2D eigenvalue weighted by Gasteiger charge is 2.07. The number of pyridine rings is 1. The Morgan fingerprint density at radius 1 is 1.25 bits per heavy atom. The molecule has 0 aliphatic carbocycles. The number of carbonyl (C=O) groups is 1. The van der Waals surface area contributed by atoms with Crippen molar-refractivity contribution in [1.29, 1.82) is 5.41 Å². The highest BCUT2D eigenvalue weighted by atomic mass is 16.4. The molecule has 0 atom stereocenters. The Labute approximate surface area is 138 Å². The van der Waals surface area contributed by atoms with Crippen molar-refractivity contribution in [3.63, 3.8) is 0 Å². The van der Waals surface area contributed by atoms with Crippen molar-refractivity contribution < 1.29 is 19.4 Å². The fraction of sp³-hybridized carbons (Fsp3) is 0.167. The number of carboxylic acids is 1. The van der Waals surface area contributed by atoms with Gasteiger partial charge < -0.3 is 14.6 Å². The lowest BCUT2D eigenvalue weighted by molar-refractivity contribution is 0.0696. The Balaban J connectivity index is 0.000000198. The zero-order valence-corrected chi connectivity index (χ0v) is 13.4. The summed E-state index contributed by atoms with van der Waals surface area (Å²) in [5.41, 5.74) is 1.89. The molecule has 0 saturated heterocycles. The fourth-order valence-electron chi connectivity index (χ4n) is 2.02. The number of fused-ring (bicyclic) bond motifs is 1. The first-order valence-electron chi connectivity index (χ1n) is 7.33. The highest BCUT2D eigenvalue weighted by Crippen LogP contribution is 2.28. The Bertz CT molecular complexity index is 902. The molecule has 0 fully saturated rings. The summed E-state index contributed by atoms with van der Waals surface area (Å²) in [4.78, 5) is 13.8. The van der Waals surface area contributed by atoms with E-state index in [1.54, 1.807) is 18.2 Å². The molecule has 2 aromatic heterocycles. The van der Waals surface area contributed by atoms with E-state index in [0.717, 1.165) is 5.56 Å². The summed E-state index contributed by atoms with van der Waals surface area (Å²) in [5.74, 6) is -0.409. The van der Waals surface area contributed by atoms with Crippen molar-refractivity contribution in [2.45, 2.75) is 19.8 Å². The molecule has 3 rings (SSSR count). The van der Waals surface area contributed by atoms with E-state index in [2.05, 4.69) is 4.98 Å². The fourth-order valence-corrected chi connectivity index (χ4v) is 2.02. The topological polar surface area (TPSA) is 107 Å². The van der Waals surface area contributed by atoms with E-state index in [9.17, 15) is 9.90 Å². The summed E-state index contributed by atoms with van der Waals surface area (Å²) >= 11 is 0. The molecule has 0 radical (unpaired) electrons. The van der Waals surface area contributed by atoms with Crippen LogP contribution in [0.3, 0.4) is 0 Å². The summed E-state index contributed by atoms with van der Waals surface area (Å²) in [6.07, 6.45) is 2.84. The number of carboxylic acid groups (broad SMARTS) is 1. The molecule has 0 amide bonds. The van der Waals surface area contributed by atoms with Crippen LogP contribution in [-0.2, 0) is 0 Å². The number of rotatable bonds is 2. The summed E-state index contributed by atoms with van der Waals surface area (Å²) in [7, 11) is 0. The van der Waals surface area contributed by atoms with Crippen LogP contribution < -0.4 is 5.55 Å². The summed E-state index contributed by atoms with van der Waals surface area (Å²) in [5, 5.41) is 26.1. The summed E-state index contributed by atoms with van der Waals surface area (Å²) < 4.78 is 5.24. The molecule has 0 aliphatic rings. The minimum atomic E-state index is -0.942. The van der Waals surface area contributed by atoms with E-state index in [4.69, 9.17) is 14.9 Å². The number of aromatic carboxylic acids is 1. The maximum atomic E-state index is 10.2. The molecule has 2 heterocycles. The number of hydrogen-bond acceptors (Lipinski definition) is 5. The van der Waals surface area contributed by atoms with Gasteiger partial charge in [0.05, 0.1) is 10.9 Å². The minimum Gasteiger partial charge on any atom is -0.507 e. The first-order valence-corrected chi connectivity index (χ1v) is 7.33. The van der Waals surface area contributed by atoms with Crippen LogP contribution in [-0.4, -0.2) is 21.2 Å². The van der Waals surface area contributed by atoms with Gasteiger partial charge in [-0.25, -0.2) is 4.79 Å². The monoisotopic (exact) mass is 326 g/mol. The Hall–Kier alpha value is -3.15. The van der Waals surface area contributed by atoms with Crippen LogP contribution in [0.4, 0.5) is 0 Å². The van der Waals surface area contributed by atoms with Gasteiger partial charge in [0.25, 0.3) is 0 Å². The number of nitrogens with one attached hydrogen (secondary N) is 1. The van der Waals surface area contributed by atoms with Crippen molar-refractivity contribution in [1.82, 2.24) is 4.98 Å². The van der Waals surface area contributed by atoms with Gasteiger partial charge in [-0.2, -0.15) is 0 Å². The van der Waals surface area contributed by atoms with E-state index in [1.165, 1.54) is 24.5 Å². The minimum absolute atomic E-state index is 0.0998. The van der Waals surface area contributed by atoms with Gasteiger partial charge in [-0.1, -0.05) is 13.8 Å². The third-order valence-corrected chi connectivity index (χ3v) is 3.34. The van der Waals surface area contributed by atoms with Crippen LogP contribution in [0, 0.1) is 5.41 Å². The molecule has 0 saturated carbocycles. The van der Waals surface area contributed by atoms with Crippen LogP contribution in [0.2, 0.25) is 0 Å². The van der Waals surface area contributed by atoms with Crippen LogP contribution in [0.1, 0.15) is 35.7 Å². The molecule has 6 heteroatoms. The van der Waals surface area contributed by atoms with E-state index < -0.39 is 5.97 Å². The zero-order valence-electron chi connectivity index (χ0n) is 13.4. The smallest absolute Gasteiger partial charge is 0.337 e. The van der Waals surface area contributed by atoms with E-state index >= 15 is 0 Å². The lowest BCUT2D eigenvalue weighted by Crippen LogP contribution is -1.96. The van der Waals surface area contributed by atoms with Crippen molar-refractivity contribution >= 4 is 16.9 Å². The van der Waals surface area contributed by atoms with Gasteiger partial charge in [0.15, 0.2) is 0 Å². The van der Waals surface area contributed by atoms with Crippen molar-refractivity contribution in [3.8, 4) is 5.75 Å². The van der Waals surface area contributed by atoms with E-state index in [0.29, 0.717) is 16.9 Å². The van der Waals surface area contributed by atoms with Crippen LogP contribution >= 0.6 is 0 Å². The average molecular weight is 326 g/mol. The van der Waals surface area contributed by atoms with Crippen LogP contribution in [0.5, 0.6) is 5.75 Å². The van der Waals surface area contributed by atoms with E-state index in [-0.39, 0.29) is 16.9 Å². The van der Waals surface area contributed by atoms with Crippen molar-refractivity contribution in [2.75, 3.05) is 0 Å². The second-order valence-electron chi connectivity index (χ2n) is 5.45. The molecule has 3 N–H and O–H groups in total. The first kappa shape index (κ1) is 17.2. The maximum Gasteiger partial charge on any atom is 0.337 e. The number of phenolic OH excluding ortho intramolecular Hbond substituents is 1. The Morgan fingerprint density at radius 2 is 2.00 bits per heavy atom. The van der Waals surface area contributed by atoms with Gasteiger partial charge in [-0.15, -0.1) is 0 Å². The third-order valence-electron chi connectivity index (χ3n) is 3.34. The van der Waals surface area contributed by atoms with Gasteiger partial charge in [0.1, 0.15) is 11.3 Å². The Morgan fingerprint density at radius 3 is 2.54 bits per heavy atom. The van der Waals surface area contributed by atoms with Crippen LogP contribution in [0.25, 0.3) is 11.0 Å². The molecular weight excluding hydrogens is 308 g/mol. The number of phenols is 1. The van der Waals surface area contributed by atoms with Crippen molar-refractivity contribution in [3.05, 3.63) is 65.5 Å². The standard InChI is InChI=1S/C12H13NO2.C6H5NO2/c1-7(2)8-5-10(14)9-3-4-12(13)15-11(9)6-8;8-6(9)5-2-1-3-7-4-5/h3-7,13-14H,1-2H3;1-4H,(H,8,9). The molecular formula is C18H18N2O4.